The van der Waals surface area contributed by atoms with Crippen LogP contribution in [0.5, 0.6) is 0 Å². The van der Waals surface area contributed by atoms with Crippen LogP contribution in [0.2, 0.25) is 0 Å². The Morgan fingerprint density at radius 2 is 1.85 bits per heavy atom. The van der Waals surface area contributed by atoms with Gasteiger partial charge >= 0.3 is 0 Å². The van der Waals surface area contributed by atoms with Gasteiger partial charge in [-0.2, -0.15) is 0 Å². The number of aromatic nitrogens is 2. The third kappa shape index (κ3) is 4.02. The van der Waals surface area contributed by atoms with Gasteiger partial charge in [0.25, 0.3) is 0 Å². The van der Waals surface area contributed by atoms with Gasteiger partial charge in [-0.1, -0.05) is 34.6 Å². The van der Waals surface area contributed by atoms with Gasteiger partial charge in [0.05, 0.1) is 11.4 Å². The Morgan fingerprint density at radius 1 is 1.23 bits per heavy atom. The van der Waals surface area contributed by atoms with Crippen LogP contribution < -0.4 is 0 Å². The molecule has 2 heteroatoms. The average Bonchev–Trinajstić information content (AvgIpc) is 2.21. The van der Waals surface area contributed by atoms with Crippen LogP contribution in [0.3, 0.4) is 0 Å². The second-order valence-electron chi connectivity index (χ2n) is 2.94. The first-order valence-electron chi connectivity index (χ1n) is 5.04. The van der Waals surface area contributed by atoms with Gasteiger partial charge in [-0.15, -0.1) is 0 Å². The molecule has 0 fully saturated rings. The highest BCUT2D eigenvalue weighted by Gasteiger charge is 2.00. The van der Waals surface area contributed by atoms with E-state index in [0.29, 0.717) is 5.92 Å². The van der Waals surface area contributed by atoms with Crippen molar-refractivity contribution in [3.8, 4) is 0 Å². The van der Waals surface area contributed by atoms with Crippen molar-refractivity contribution in [2.24, 2.45) is 0 Å². The normalized spacial score (nSPS) is 9.38. The second-order valence-corrected chi connectivity index (χ2v) is 2.94. The fraction of sp³-hybridized carbons (Fsp3) is 0.636. The third-order valence-corrected chi connectivity index (χ3v) is 1.66. The van der Waals surface area contributed by atoms with E-state index in [9.17, 15) is 0 Å². The van der Waals surface area contributed by atoms with Gasteiger partial charge in [-0.3, -0.25) is 9.97 Å². The molecule has 0 aliphatic heterocycles. The van der Waals surface area contributed by atoms with Crippen molar-refractivity contribution in [1.29, 1.82) is 0 Å². The quantitative estimate of drug-likeness (QED) is 0.698. The molecule has 0 saturated heterocycles. The van der Waals surface area contributed by atoms with E-state index in [1.807, 2.05) is 26.2 Å². The maximum atomic E-state index is 4.43. The van der Waals surface area contributed by atoms with E-state index in [1.165, 1.54) is 0 Å². The molecular weight excluding hydrogens is 160 g/mol. The Hall–Kier alpha value is -0.920. The molecule has 0 saturated carbocycles. The standard InChI is InChI=1S/C9H14N2.C2H6/c1-4-8-5-10-6-9(11-8)7(2)3;1-2/h5-7H,4H2,1-3H3;1-2H3. The van der Waals surface area contributed by atoms with Crippen molar-refractivity contribution >= 4 is 0 Å². The Labute approximate surface area is 81.4 Å². The predicted molar refractivity (Wildman–Crippen MR) is 56.8 cm³/mol. The summed E-state index contributed by atoms with van der Waals surface area (Å²) in [5, 5.41) is 0. The maximum absolute atomic E-state index is 4.43. The highest BCUT2D eigenvalue weighted by molar-refractivity contribution is 5.06. The topological polar surface area (TPSA) is 25.8 Å². The monoisotopic (exact) mass is 180 g/mol. The summed E-state index contributed by atoms with van der Waals surface area (Å²) in [6.07, 6.45) is 4.63. The van der Waals surface area contributed by atoms with E-state index in [4.69, 9.17) is 0 Å². The summed E-state index contributed by atoms with van der Waals surface area (Å²) in [6, 6.07) is 0. The minimum atomic E-state index is 0.481. The summed E-state index contributed by atoms with van der Waals surface area (Å²) in [7, 11) is 0. The Bertz CT molecular complexity index is 231. The molecule has 0 aliphatic carbocycles. The summed E-state index contributed by atoms with van der Waals surface area (Å²) < 4.78 is 0. The molecular formula is C11H20N2. The van der Waals surface area contributed by atoms with Gasteiger partial charge in [0.15, 0.2) is 0 Å². The number of hydrogen-bond acceptors (Lipinski definition) is 2. The molecule has 1 aromatic heterocycles. The number of rotatable bonds is 2. The van der Waals surface area contributed by atoms with Gasteiger partial charge in [0.2, 0.25) is 0 Å². The van der Waals surface area contributed by atoms with E-state index in [1.54, 1.807) is 0 Å². The zero-order valence-electron chi connectivity index (χ0n) is 9.33. The first-order chi connectivity index (χ1) is 6.24. The molecule has 74 valence electrons. The molecule has 0 bridgehead atoms. The van der Waals surface area contributed by atoms with E-state index >= 15 is 0 Å². The molecule has 0 N–H and O–H groups in total. The lowest BCUT2D eigenvalue weighted by Crippen LogP contribution is -1.97. The van der Waals surface area contributed by atoms with Gasteiger partial charge in [0.1, 0.15) is 0 Å². The molecule has 1 rings (SSSR count). The largest absolute Gasteiger partial charge is 0.261 e. The van der Waals surface area contributed by atoms with Gasteiger partial charge in [-0.05, 0) is 12.3 Å². The third-order valence-electron chi connectivity index (χ3n) is 1.66. The van der Waals surface area contributed by atoms with Crippen molar-refractivity contribution in [3.63, 3.8) is 0 Å². The van der Waals surface area contributed by atoms with Crippen molar-refractivity contribution in [2.75, 3.05) is 0 Å². The zero-order chi connectivity index (χ0) is 10.3. The van der Waals surface area contributed by atoms with Crippen molar-refractivity contribution in [1.82, 2.24) is 9.97 Å². The highest BCUT2D eigenvalue weighted by Crippen LogP contribution is 2.09. The van der Waals surface area contributed by atoms with Crippen LogP contribution in [0.4, 0.5) is 0 Å². The summed E-state index contributed by atoms with van der Waals surface area (Å²) >= 11 is 0. The summed E-state index contributed by atoms with van der Waals surface area (Å²) in [6.45, 7) is 10.3. The Morgan fingerprint density at radius 3 is 2.31 bits per heavy atom. The van der Waals surface area contributed by atoms with Gasteiger partial charge in [-0.25, -0.2) is 0 Å². The van der Waals surface area contributed by atoms with E-state index in [2.05, 4.69) is 30.7 Å². The lowest BCUT2D eigenvalue weighted by atomic mass is 10.1. The maximum Gasteiger partial charge on any atom is 0.0615 e. The SMILES string of the molecule is CC.CCc1cncc(C(C)C)n1. The molecule has 0 atom stereocenters. The second kappa shape index (κ2) is 6.58. The zero-order valence-corrected chi connectivity index (χ0v) is 9.33. The first-order valence-corrected chi connectivity index (χ1v) is 5.04. The minimum absolute atomic E-state index is 0.481. The molecule has 2 nitrogen and oxygen atoms in total. The Kier molecular flexibility index (Phi) is 6.11. The predicted octanol–water partition coefficient (Wildman–Crippen LogP) is 3.19. The van der Waals surface area contributed by atoms with E-state index in [-0.39, 0.29) is 0 Å². The minimum Gasteiger partial charge on any atom is -0.261 e. The molecule has 0 aliphatic rings. The Balaban J connectivity index is 0.000000671. The molecule has 13 heavy (non-hydrogen) atoms. The molecule has 0 spiro atoms. The summed E-state index contributed by atoms with van der Waals surface area (Å²) in [5.41, 5.74) is 2.17. The van der Waals surface area contributed by atoms with Gasteiger partial charge in [0, 0.05) is 12.4 Å². The molecule has 1 heterocycles. The van der Waals surface area contributed by atoms with Crippen LogP contribution in [-0.4, -0.2) is 9.97 Å². The van der Waals surface area contributed by atoms with Crippen molar-refractivity contribution in [2.45, 2.75) is 47.0 Å². The van der Waals surface area contributed by atoms with Gasteiger partial charge < -0.3 is 0 Å². The smallest absolute Gasteiger partial charge is 0.0615 e. The molecule has 0 radical (unpaired) electrons. The average molecular weight is 180 g/mol. The van der Waals surface area contributed by atoms with Crippen LogP contribution in [0.25, 0.3) is 0 Å². The van der Waals surface area contributed by atoms with Crippen molar-refractivity contribution < 1.29 is 0 Å². The fourth-order valence-electron chi connectivity index (χ4n) is 0.872. The van der Waals surface area contributed by atoms with Crippen LogP contribution >= 0.6 is 0 Å². The van der Waals surface area contributed by atoms with Crippen LogP contribution in [0.15, 0.2) is 12.4 Å². The molecule has 0 aromatic carbocycles. The lowest BCUT2D eigenvalue weighted by molar-refractivity contribution is 0.793. The summed E-state index contributed by atoms with van der Waals surface area (Å²) in [4.78, 5) is 8.54. The number of nitrogens with zero attached hydrogens (tertiary/aromatic N) is 2. The van der Waals surface area contributed by atoms with Crippen molar-refractivity contribution in [3.05, 3.63) is 23.8 Å². The van der Waals surface area contributed by atoms with Crippen LogP contribution in [-0.2, 0) is 6.42 Å². The molecule has 0 amide bonds. The van der Waals surface area contributed by atoms with Crippen LogP contribution in [0.1, 0.15) is 51.9 Å². The molecule has 0 unspecified atom stereocenters. The first kappa shape index (κ1) is 12.1. The highest BCUT2D eigenvalue weighted by atomic mass is 14.8. The molecule has 1 aromatic rings. The van der Waals surface area contributed by atoms with E-state index in [0.717, 1.165) is 17.8 Å². The lowest BCUT2D eigenvalue weighted by Gasteiger charge is -2.03. The number of aryl methyl sites for hydroxylation is 1. The number of hydrogen-bond donors (Lipinski definition) is 0. The summed E-state index contributed by atoms with van der Waals surface area (Å²) in [5.74, 6) is 0.481. The fourth-order valence-corrected chi connectivity index (χ4v) is 0.872. The van der Waals surface area contributed by atoms with Crippen LogP contribution in [0, 0.1) is 0 Å². The van der Waals surface area contributed by atoms with E-state index < -0.39 is 0 Å².